The third kappa shape index (κ3) is 4.56. The van der Waals surface area contributed by atoms with Crippen LogP contribution in [0.25, 0.3) is 100 Å². The van der Waals surface area contributed by atoms with Gasteiger partial charge in [0.1, 0.15) is 0 Å². The second-order valence-electron chi connectivity index (χ2n) is 12.8. The molecule has 1 heterocycles. The highest BCUT2D eigenvalue weighted by Gasteiger charge is 2.22. The van der Waals surface area contributed by atoms with Crippen molar-refractivity contribution in [3.63, 3.8) is 0 Å². The van der Waals surface area contributed by atoms with Crippen LogP contribution in [0.3, 0.4) is 0 Å². The number of fused-ring (bicyclic) bond motifs is 4. The standard InChI is InChI=1S/C47H29N3/c1-3-12-32(13-4-1)45-48-46(33-14-5-2-6-15-33)50-47(49-45)43-29-27-34(36-16-7-10-19-39(36)43)30-22-24-31(25-23-30)35-26-28-42-38-18-9-8-17-37(38)41-21-11-20-40(35)44(41)42/h1-29H. The lowest BCUT2D eigenvalue weighted by atomic mass is 9.91. The number of aromatic nitrogens is 3. The zero-order valence-electron chi connectivity index (χ0n) is 27.1. The molecule has 0 fully saturated rings. The Morgan fingerprint density at radius 1 is 0.220 bits per heavy atom. The van der Waals surface area contributed by atoms with Gasteiger partial charge in [-0.1, -0.05) is 170 Å². The first-order valence-electron chi connectivity index (χ1n) is 17.0. The van der Waals surface area contributed by atoms with Crippen LogP contribution >= 0.6 is 0 Å². The Bertz CT molecular complexity index is 2650. The molecular formula is C47H29N3. The molecule has 0 spiro atoms. The van der Waals surface area contributed by atoms with E-state index in [1.54, 1.807) is 0 Å². The average molecular weight is 636 g/mol. The van der Waals surface area contributed by atoms with Crippen molar-refractivity contribution < 1.29 is 0 Å². The van der Waals surface area contributed by atoms with Crippen LogP contribution in [-0.2, 0) is 0 Å². The highest BCUT2D eigenvalue weighted by molar-refractivity contribution is 6.18. The minimum absolute atomic E-state index is 0.657. The normalized spacial score (nSPS) is 11.6. The molecule has 232 valence electrons. The van der Waals surface area contributed by atoms with Crippen molar-refractivity contribution in [1.29, 1.82) is 0 Å². The van der Waals surface area contributed by atoms with Gasteiger partial charge in [-0.3, -0.25) is 0 Å². The van der Waals surface area contributed by atoms with Crippen LogP contribution < -0.4 is 0 Å². The van der Waals surface area contributed by atoms with E-state index in [1.807, 2.05) is 60.7 Å². The first-order valence-corrected chi connectivity index (χ1v) is 17.0. The fourth-order valence-corrected chi connectivity index (χ4v) is 7.56. The molecule has 0 saturated heterocycles. The molecule has 8 aromatic carbocycles. The van der Waals surface area contributed by atoms with Crippen molar-refractivity contribution in [2.75, 3.05) is 0 Å². The highest BCUT2D eigenvalue weighted by Crippen LogP contribution is 2.49. The molecule has 3 heteroatoms. The molecule has 0 unspecified atom stereocenters. The predicted molar refractivity (Wildman–Crippen MR) is 206 cm³/mol. The summed E-state index contributed by atoms with van der Waals surface area (Å²) in [6.07, 6.45) is 0. The van der Waals surface area contributed by atoms with Crippen molar-refractivity contribution in [2.24, 2.45) is 0 Å². The van der Waals surface area contributed by atoms with Crippen LogP contribution in [0.5, 0.6) is 0 Å². The first-order chi connectivity index (χ1) is 24.8. The maximum Gasteiger partial charge on any atom is 0.164 e. The zero-order chi connectivity index (χ0) is 33.0. The molecule has 1 aliphatic carbocycles. The molecule has 0 aliphatic heterocycles. The Hall–Kier alpha value is -6.71. The molecule has 3 nitrogen and oxygen atoms in total. The monoisotopic (exact) mass is 635 g/mol. The molecule has 1 aliphatic rings. The summed E-state index contributed by atoms with van der Waals surface area (Å²) in [7, 11) is 0. The summed E-state index contributed by atoms with van der Waals surface area (Å²) >= 11 is 0. The average Bonchev–Trinajstić information content (AvgIpc) is 3.53. The van der Waals surface area contributed by atoms with Gasteiger partial charge >= 0.3 is 0 Å². The first kappa shape index (κ1) is 28.3. The van der Waals surface area contributed by atoms with Gasteiger partial charge in [-0.25, -0.2) is 15.0 Å². The second kappa shape index (κ2) is 11.5. The van der Waals surface area contributed by atoms with Gasteiger partial charge in [0.05, 0.1) is 0 Å². The van der Waals surface area contributed by atoms with Crippen molar-refractivity contribution >= 4 is 21.5 Å². The maximum atomic E-state index is 5.03. The van der Waals surface area contributed by atoms with E-state index in [-0.39, 0.29) is 0 Å². The summed E-state index contributed by atoms with van der Waals surface area (Å²) in [5.74, 6) is 1.97. The van der Waals surface area contributed by atoms with Crippen molar-refractivity contribution in [2.45, 2.75) is 0 Å². The van der Waals surface area contributed by atoms with E-state index in [0.717, 1.165) is 27.5 Å². The summed E-state index contributed by atoms with van der Waals surface area (Å²) in [4.78, 5) is 15.0. The molecule has 0 saturated carbocycles. The third-order valence-electron chi connectivity index (χ3n) is 9.92. The number of benzene rings is 8. The lowest BCUT2D eigenvalue weighted by molar-refractivity contribution is 1.08. The summed E-state index contributed by atoms with van der Waals surface area (Å²) < 4.78 is 0. The number of rotatable bonds is 5. The smallest absolute Gasteiger partial charge is 0.164 e. The Morgan fingerprint density at radius 2 is 0.620 bits per heavy atom. The van der Waals surface area contributed by atoms with E-state index < -0.39 is 0 Å². The fourth-order valence-electron chi connectivity index (χ4n) is 7.56. The summed E-state index contributed by atoms with van der Waals surface area (Å²) in [5.41, 5.74) is 13.0. The van der Waals surface area contributed by atoms with E-state index in [0.29, 0.717) is 17.5 Å². The lowest BCUT2D eigenvalue weighted by Crippen LogP contribution is -2.00. The topological polar surface area (TPSA) is 38.7 Å². The summed E-state index contributed by atoms with van der Waals surface area (Å²) in [6, 6.07) is 62.2. The van der Waals surface area contributed by atoms with E-state index in [4.69, 9.17) is 15.0 Å². The van der Waals surface area contributed by atoms with Gasteiger partial charge in [0.25, 0.3) is 0 Å². The summed E-state index contributed by atoms with van der Waals surface area (Å²) in [5, 5.41) is 4.90. The van der Waals surface area contributed by atoms with E-state index in [9.17, 15) is 0 Å². The quantitative estimate of drug-likeness (QED) is 0.189. The van der Waals surface area contributed by atoms with Gasteiger partial charge in [-0.2, -0.15) is 0 Å². The van der Waals surface area contributed by atoms with E-state index in [2.05, 4.69) is 115 Å². The van der Waals surface area contributed by atoms with Crippen LogP contribution in [0, 0.1) is 0 Å². The third-order valence-corrected chi connectivity index (χ3v) is 9.92. The number of hydrogen-bond acceptors (Lipinski definition) is 3. The van der Waals surface area contributed by atoms with Crippen molar-refractivity contribution in [1.82, 2.24) is 15.0 Å². The molecular weight excluding hydrogens is 607 g/mol. The van der Waals surface area contributed by atoms with Crippen molar-refractivity contribution in [3.8, 4) is 78.7 Å². The Labute approximate surface area is 290 Å². The molecule has 0 N–H and O–H groups in total. The fraction of sp³-hybridized carbons (Fsp3) is 0. The van der Waals surface area contributed by atoms with Crippen LogP contribution in [0.2, 0.25) is 0 Å². The molecule has 9 aromatic rings. The Kier molecular flexibility index (Phi) is 6.49. The summed E-state index contributed by atoms with van der Waals surface area (Å²) in [6.45, 7) is 0. The van der Waals surface area contributed by atoms with Crippen LogP contribution in [0.15, 0.2) is 176 Å². The van der Waals surface area contributed by atoms with E-state index >= 15 is 0 Å². The van der Waals surface area contributed by atoms with Crippen LogP contribution in [0.4, 0.5) is 0 Å². The van der Waals surface area contributed by atoms with Gasteiger partial charge in [0.15, 0.2) is 17.5 Å². The van der Waals surface area contributed by atoms with Gasteiger partial charge < -0.3 is 0 Å². The molecule has 10 rings (SSSR count). The van der Waals surface area contributed by atoms with Crippen LogP contribution in [0.1, 0.15) is 0 Å². The molecule has 50 heavy (non-hydrogen) atoms. The molecule has 0 atom stereocenters. The van der Waals surface area contributed by atoms with Gasteiger partial charge in [-0.15, -0.1) is 0 Å². The Morgan fingerprint density at radius 3 is 1.22 bits per heavy atom. The molecule has 0 amide bonds. The Balaban J connectivity index is 1.07. The maximum absolute atomic E-state index is 5.03. The number of hydrogen-bond donors (Lipinski definition) is 0. The molecule has 0 radical (unpaired) electrons. The minimum Gasteiger partial charge on any atom is -0.208 e. The molecule has 0 bridgehead atoms. The van der Waals surface area contributed by atoms with E-state index in [1.165, 1.54) is 55.3 Å². The largest absolute Gasteiger partial charge is 0.208 e. The zero-order valence-corrected chi connectivity index (χ0v) is 27.1. The minimum atomic E-state index is 0.657. The van der Waals surface area contributed by atoms with Gasteiger partial charge in [-0.05, 0) is 72.1 Å². The van der Waals surface area contributed by atoms with Crippen molar-refractivity contribution in [3.05, 3.63) is 176 Å². The lowest BCUT2D eigenvalue weighted by Gasteiger charge is -2.14. The van der Waals surface area contributed by atoms with Gasteiger partial charge in [0, 0.05) is 16.7 Å². The predicted octanol–water partition coefficient (Wildman–Crippen LogP) is 12.2. The van der Waals surface area contributed by atoms with Gasteiger partial charge in [0.2, 0.25) is 0 Å². The van der Waals surface area contributed by atoms with Crippen LogP contribution in [-0.4, -0.2) is 15.0 Å². The highest BCUT2D eigenvalue weighted by atomic mass is 15.0. The number of nitrogens with zero attached hydrogens (tertiary/aromatic N) is 3. The molecule has 1 aromatic heterocycles. The second-order valence-corrected chi connectivity index (χ2v) is 12.8. The SMILES string of the molecule is c1ccc(-c2nc(-c3ccccc3)nc(-c3ccc(-c4ccc(-c5ccc6c7c(cccc57)-c5ccccc5-6)cc4)c4ccccc34)n2)cc1.